The van der Waals surface area contributed by atoms with Crippen molar-refractivity contribution in [3.8, 4) is 5.75 Å². The molecular weight excluding hydrogens is 252 g/mol. The average Bonchev–Trinajstić information content (AvgIpc) is 2.38. The number of ether oxygens (including phenoxy) is 2. The summed E-state index contributed by atoms with van der Waals surface area (Å²) in [5.41, 5.74) is 0.742. The summed E-state index contributed by atoms with van der Waals surface area (Å²) < 4.78 is 34.5. The summed E-state index contributed by atoms with van der Waals surface area (Å²) in [6.45, 7) is 1.32. The Morgan fingerprint density at radius 2 is 2.00 bits per heavy atom. The van der Waals surface area contributed by atoms with E-state index >= 15 is 0 Å². The van der Waals surface area contributed by atoms with Gasteiger partial charge in [0.25, 0.3) is 0 Å². The molecule has 0 spiro atoms. The Labute approximate surface area is 111 Å². The predicted octanol–water partition coefficient (Wildman–Crippen LogP) is 2.95. The van der Waals surface area contributed by atoms with Gasteiger partial charge in [-0.1, -0.05) is 18.2 Å². The monoisotopic (exact) mass is 271 g/mol. The highest BCUT2D eigenvalue weighted by Gasteiger charge is 2.26. The highest BCUT2D eigenvalue weighted by atomic mass is 19.3. The molecule has 1 fully saturated rings. The van der Waals surface area contributed by atoms with Crippen molar-refractivity contribution < 1.29 is 18.3 Å². The molecule has 1 saturated heterocycles. The van der Waals surface area contributed by atoms with Gasteiger partial charge in [-0.05, 0) is 25.8 Å². The molecule has 2 rings (SSSR count). The van der Waals surface area contributed by atoms with Crippen LogP contribution in [-0.4, -0.2) is 25.4 Å². The van der Waals surface area contributed by atoms with Crippen LogP contribution >= 0.6 is 0 Å². The van der Waals surface area contributed by atoms with Crippen LogP contribution in [0.4, 0.5) is 8.78 Å². The second-order valence-corrected chi connectivity index (χ2v) is 5.01. The van der Waals surface area contributed by atoms with Crippen LogP contribution in [0, 0.1) is 0 Å². The first-order valence-electron chi connectivity index (χ1n) is 6.45. The van der Waals surface area contributed by atoms with Crippen LogP contribution in [0.2, 0.25) is 0 Å². The highest BCUT2D eigenvalue weighted by Crippen LogP contribution is 2.24. The summed E-state index contributed by atoms with van der Waals surface area (Å²) in [6, 6.07) is 6.88. The summed E-state index contributed by atoms with van der Waals surface area (Å²) in [6.07, 6.45) is 1.84. The lowest BCUT2D eigenvalue weighted by Gasteiger charge is -2.34. The number of para-hydroxylation sites is 1. The molecule has 0 amide bonds. The Hall–Kier alpha value is -1.20. The van der Waals surface area contributed by atoms with Gasteiger partial charge in [-0.25, -0.2) is 0 Å². The van der Waals surface area contributed by atoms with E-state index in [1.54, 1.807) is 18.2 Å². The van der Waals surface area contributed by atoms with Crippen molar-refractivity contribution in [3.63, 3.8) is 0 Å². The molecule has 0 saturated carbocycles. The zero-order valence-corrected chi connectivity index (χ0v) is 11.0. The lowest BCUT2D eigenvalue weighted by atomic mass is 9.92. The summed E-state index contributed by atoms with van der Waals surface area (Å²) in [5.74, 6) is 0.237. The third-order valence-corrected chi connectivity index (χ3v) is 3.49. The Morgan fingerprint density at radius 1 is 1.32 bits per heavy atom. The van der Waals surface area contributed by atoms with Crippen LogP contribution in [-0.2, 0) is 11.3 Å². The van der Waals surface area contributed by atoms with Gasteiger partial charge < -0.3 is 14.8 Å². The first-order chi connectivity index (χ1) is 9.09. The Kier molecular flexibility index (Phi) is 4.71. The number of hydrogen-bond donors (Lipinski definition) is 1. The van der Waals surface area contributed by atoms with Gasteiger partial charge in [0.2, 0.25) is 0 Å². The first-order valence-corrected chi connectivity index (χ1v) is 6.45. The largest absolute Gasteiger partial charge is 0.434 e. The number of nitrogens with one attached hydrogen (secondary N) is 1. The molecule has 1 N–H and O–H groups in total. The van der Waals surface area contributed by atoms with Crippen molar-refractivity contribution in [2.24, 2.45) is 0 Å². The van der Waals surface area contributed by atoms with Crippen molar-refractivity contribution >= 4 is 0 Å². The maximum absolute atomic E-state index is 12.3. The summed E-state index contributed by atoms with van der Waals surface area (Å²) in [5, 5.41) is 3.42. The van der Waals surface area contributed by atoms with E-state index < -0.39 is 6.61 Å². The van der Waals surface area contributed by atoms with Crippen LogP contribution in [0.1, 0.15) is 25.3 Å². The topological polar surface area (TPSA) is 30.5 Å². The molecule has 0 unspecified atom stereocenters. The van der Waals surface area contributed by atoms with Crippen molar-refractivity contribution in [2.45, 2.75) is 38.5 Å². The number of benzene rings is 1. The van der Waals surface area contributed by atoms with E-state index in [2.05, 4.69) is 17.0 Å². The normalized spacial score (nSPS) is 18.5. The van der Waals surface area contributed by atoms with Gasteiger partial charge in [-0.2, -0.15) is 8.78 Å². The molecular formula is C14H19F2NO2. The number of rotatable bonds is 5. The maximum atomic E-state index is 12.3. The van der Waals surface area contributed by atoms with Gasteiger partial charge in [0.15, 0.2) is 0 Å². The standard InChI is InChI=1S/C14H19F2NO2/c1-14(6-8-18-9-7-14)17-10-11-4-2-3-5-12(11)19-13(15)16/h2-5,13,17H,6-10H2,1H3. The molecule has 0 aliphatic carbocycles. The van der Waals surface area contributed by atoms with Crippen molar-refractivity contribution in [1.29, 1.82) is 0 Å². The van der Waals surface area contributed by atoms with Crippen LogP contribution in [0.25, 0.3) is 0 Å². The van der Waals surface area contributed by atoms with Crippen molar-refractivity contribution in [3.05, 3.63) is 29.8 Å². The first kappa shape index (κ1) is 14.2. The molecule has 1 aliphatic heterocycles. The Morgan fingerprint density at radius 3 is 2.68 bits per heavy atom. The summed E-state index contributed by atoms with van der Waals surface area (Å²) in [7, 11) is 0. The van der Waals surface area contributed by atoms with E-state index in [9.17, 15) is 8.78 Å². The zero-order chi connectivity index (χ0) is 13.7. The molecule has 1 aromatic rings. The molecule has 1 aliphatic rings. The Balaban J connectivity index is 1.98. The Bertz CT molecular complexity index is 406. The van der Waals surface area contributed by atoms with Gasteiger partial charge in [0.05, 0.1) is 0 Å². The molecule has 106 valence electrons. The lowest BCUT2D eigenvalue weighted by Crippen LogP contribution is -2.46. The molecule has 1 aromatic carbocycles. The third-order valence-electron chi connectivity index (χ3n) is 3.49. The quantitative estimate of drug-likeness (QED) is 0.893. The smallest absolute Gasteiger partial charge is 0.387 e. The van der Waals surface area contributed by atoms with Gasteiger partial charge in [0.1, 0.15) is 5.75 Å². The molecule has 0 atom stereocenters. The van der Waals surface area contributed by atoms with Gasteiger partial charge in [-0.3, -0.25) is 0 Å². The molecule has 19 heavy (non-hydrogen) atoms. The maximum Gasteiger partial charge on any atom is 0.387 e. The zero-order valence-electron chi connectivity index (χ0n) is 11.0. The van der Waals surface area contributed by atoms with Gasteiger partial charge in [-0.15, -0.1) is 0 Å². The minimum absolute atomic E-state index is 0.00378. The van der Waals surface area contributed by atoms with Crippen LogP contribution < -0.4 is 10.1 Å². The van der Waals surface area contributed by atoms with E-state index in [1.165, 1.54) is 0 Å². The molecule has 3 nitrogen and oxygen atoms in total. The van der Waals surface area contributed by atoms with Gasteiger partial charge >= 0.3 is 6.61 Å². The highest BCUT2D eigenvalue weighted by molar-refractivity contribution is 5.33. The molecule has 0 radical (unpaired) electrons. The minimum Gasteiger partial charge on any atom is -0.434 e. The third kappa shape index (κ3) is 4.14. The van der Waals surface area contributed by atoms with E-state index in [1.807, 2.05) is 6.07 Å². The van der Waals surface area contributed by atoms with E-state index in [0.717, 1.165) is 31.6 Å². The second kappa shape index (κ2) is 6.30. The van der Waals surface area contributed by atoms with E-state index in [-0.39, 0.29) is 11.3 Å². The van der Waals surface area contributed by atoms with Crippen molar-refractivity contribution in [1.82, 2.24) is 5.32 Å². The lowest BCUT2D eigenvalue weighted by molar-refractivity contribution is -0.0505. The molecule has 0 bridgehead atoms. The minimum atomic E-state index is -2.79. The van der Waals surface area contributed by atoms with Crippen LogP contribution in [0.5, 0.6) is 5.75 Å². The molecule has 1 heterocycles. The number of alkyl halides is 2. The number of halogens is 2. The number of hydrogen-bond acceptors (Lipinski definition) is 3. The summed E-state index contributed by atoms with van der Waals surface area (Å²) in [4.78, 5) is 0. The fraction of sp³-hybridized carbons (Fsp3) is 0.571. The van der Waals surface area contributed by atoms with Gasteiger partial charge in [0, 0.05) is 30.9 Å². The van der Waals surface area contributed by atoms with E-state index in [4.69, 9.17) is 4.74 Å². The summed E-state index contributed by atoms with van der Waals surface area (Å²) >= 11 is 0. The predicted molar refractivity (Wildman–Crippen MR) is 68.4 cm³/mol. The molecule has 5 heteroatoms. The van der Waals surface area contributed by atoms with Crippen molar-refractivity contribution in [2.75, 3.05) is 13.2 Å². The average molecular weight is 271 g/mol. The fourth-order valence-electron chi connectivity index (χ4n) is 2.17. The second-order valence-electron chi connectivity index (χ2n) is 5.01. The SMILES string of the molecule is CC1(NCc2ccccc2OC(F)F)CCOCC1. The van der Waals surface area contributed by atoms with Crippen LogP contribution in [0.3, 0.4) is 0 Å². The van der Waals surface area contributed by atoms with E-state index in [0.29, 0.717) is 6.54 Å². The fourth-order valence-corrected chi connectivity index (χ4v) is 2.17. The van der Waals surface area contributed by atoms with Crippen LogP contribution in [0.15, 0.2) is 24.3 Å². The molecule has 0 aromatic heterocycles.